The van der Waals surface area contributed by atoms with Crippen LogP contribution in [0.1, 0.15) is 5.56 Å². The minimum absolute atomic E-state index is 0.138. The van der Waals surface area contributed by atoms with Crippen LogP contribution in [0.2, 0.25) is 0 Å². The molecule has 7 heteroatoms. The topological polar surface area (TPSA) is 70.1 Å². The van der Waals surface area contributed by atoms with Crippen molar-refractivity contribution >= 4 is 11.9 Å². The lowest BCUT2D eigenvalue weighted by atomic mass is 9.81. The van der Waals surface area contributed by atoms with Gasteiger partial charge in [-0.15, -0.1) is 6.58 Å². The molecule has 2 saturated heterocycles. The lowest BCUT2D eigenvalue weighted by Gasteiger charge is -2.24. The second-order valence-electron chi connectivity index (χ2n) is 6.66. The average molecular weight is 348 g/mol. The Morgan fingerprint density at radius 3 is 2.88 bits per heavy atom. The van der Waals surface area contributed by atoms with Gasteiger partial charge in [-0.2, -0.15) is 0 Å². The summed E-state index contributed by atoms with van der Waals surface area (Å²) in [7, 11) is 1.40. The number of amides is 1. The van der Waals surface area contributed by atoms with Gasteiger partial charge in [0, 0.05) is 32.7 Å². The summed E-state index contributed by atoms with van der Waals surface area (Å²) in [6, 6.07) is 4.57. The van der Waals surface area contributed by atoms with Crippen molar-refractivity contribution in [2.24, 2.45) is 11.3 Å². The fourth-order valence-electron chi connectivity index (χ4n) is 3.90. The Balaban J connectivity index is 1.79. The van der Waals surface area contributed by atoms with Crippen molar-refractivity contribution in [1.29, 1.82) is 0 Å². The van der Waals surface area contributed by atoms with Crippen LogP contribution in [0.25, 0.3) is 0 Å². The molecule has 1 N–H and O–H groups in total. The maximum absolute atomic E-state index is 13.5. The van der Waals surface area contributed by atoms with Crippen LogP contribution >= 0.6 is 0 Å². The molecular formula is C18H21FN2O4. The fourth-order valence-corrected chi connectivity index (χ4v) is 3.90. The predicted molar refractivity (Wildman–Crippen MR) is 88.6 cm³/mol. The Bertz CT molecular complexity index is 723. The van der Waals surface area contributed by atoms with Gasteiger partial charge in [0.15, 0.2) is 11.6 Å². The van der Waals surface area contributed by atoms with Crippen LogP contribution < -0.4 is 4.74 Å². The number of carboxylic acid groups (broad SMARTS) is 1. The molecule has 0 bridgehead atoms. The van der Waals surface area contributed by atoms with E-state index in [-0.39, 0.29) is 24.7 Å². The van der Waals surface area contributed by atoms with Crippen molar-refractivity contribution < 1.29 is 23.8 Å². The summed E-state index contributed by atoms with van der Waals surface area (Å²) >= 11 is 0. The normalized spacial score (nSPS) is 25.9. The van der Waals surface area contributed by atoms with Crippen LogP contribution in [0, 0.1) is 17.2 Å². The Labute approximate surface area is 145 Å². The van der Waals surface area contributed by atoms with Crippen molar-refractivity contribution in [3.05, 3.63) is 42.2 Å². The molecule has 2 fully saturated rings. The van der Waals surface area contributed by atoms with Gasteiger partial charge >= 0.3 is 5.97 Å². The van der Waals surface area contributed by atoms with Crippen LogP contribution in [0.4, 0.5) is 4.39 Å². The van der Waals surface area contributed by atoms with Crippen molar-refractivity contribution in [3.63, 3.8) is 0 Å². The number of aliphatic carboxylic acids is 1. The summed E-state index contributed by atoms with van der Waals surface area (Å²) in [6.45, 7) is 5.27. The zero-order valence-electron chi connectivity index (χ0n) is 14.1. The zero-order valence-corrected chi connectivity index (χ0v) is 14.1. The highest BCUT2D eigenvalue weighted by Gasteiger charge is 2.61. The van der Waals surface area contributed by atoms with Gasteiger partial charge in [-0.1, -0.05) is 12.1 Å². The van der Waals surface area contributed by atoms with E-state index in [0.29, 0.717) is 19.6 Å². The van der Waals surface area contributed by atoms with Gasteiger partial charge in [0.2, 0.25) is 5.91 Å². The van der Waals surface area contributed by atoms with Gasteiger partial charge in [-0.05, 0) is 17.7 Å². The van der Waals surface area contributed by atoms with E-state index in [0.717, 1.165) is 5.56 Å². The van der Waals surface area contributed by atoms with Crippen LogP contribution in [0.3, 0.4) is 0 Å². The number of halogens is 1. The monoisotopic (exact) mass is 348 g/mol. The molecule has 1 amide bonds. The zero-order chi connectivity index (χ0) is 18.2. The maximum atomic E-state index is 13.5. The molecule has 3 rings (SSSR count). The first kappa shape index (κ1) is 17.4. The van der Waals surface area contributed by atoms with Crippen LogP contribution in [0.15, 0.2) is 30.9 Å². The third-order valence-electron chi connectivity index (χ3n) is 5.09. The highest BCUT2D eigenvalue weighted by Crippen LogP contribution is 2.44. The van der Waals surface area contributed by atoms with Crippen LogP contribution in [-0.2, 0) is 16.1 Å². The summed E-state index contributed by atoms with van der Waals surface area (Å²) in [5.74, 6) is -1.94. The molecule has 2 aliphatic heterocycles. The molecule has 2 aliphatic rings. The average Bonchev–Trinajstić information content (AvgIpc) is 3.06. The number of methoxy groups -OCH3 is 1. The summed E-state index contributed by atoms with van der Waals surface area (Å²) in [5, 5.41) is 9.78. The van der Waals surface area contributed by atoms with Crippen LogP contribution in [0.5, 0.6) is 5.75 Å². The molecule has 2 atom stereocenters. The van der Waals surface area contributed by atoms with Gasteiger partial charge in [-0.3, -0.25) is 14.5 Å². The number of hydrogen-bond acceptors (Lipinski definition) is 4. The number of carbonyl (C=O) groups is 2. The standard InChI is InChI=1S/C18H21FN2O4/c1-3-6-21-11-18(17(23)24)10-20(9-13(18)16(21)22)8-12-4-5-14(19)15(7-12)25-2/h3-5,7,13H,1,6,8-11H2,2H3,(H,23,24)/t13-,18-/m0/s1. The molecular weight excluding hydrogens is 327 g/mol. The molecule has 0 unspecified atom stereocenters. The highest BCUT2D eigenvalue weighted by atomic mass is 19.1. The summed E-state index contributed by atoms with van der Waals surface area (Å²) in [4.78, 5) is 28.0. The molecule has 1 aromatic carbocycles. The van der Waals surface area contributed by atoms with Gasteiger partial charge < -0.3 is 14.7 Å². The fraction of sp³-hybridized carbons (Fsp3) is 0.444. The molecule has 6 nitrogen and oxygen atoms in total. The number of ether oxygens (including phenoxy) is 1. The molecule has 134 valence electrons. The third-order valence-corrected chi connectivity index (χ3v) is 5.09. The molecule has 1 aromatic rings. The van der Waals surface area contributed by atoms with Gasteiger partial charge in [-0.25, -0.2) is 4.39 Å². The minimum Gasteiger partial charge on any atom is -0.494 e. The quantitative estimate of drug-likeness (QED) is 0.786. The Morgan fingerprint density at radius 2 is 2.28 bits per heavy atom. The molecule has 0 saturated carbocycles. The first-order chi connectivity index (χ1) is 11.9. The number of benzene rings is 1. The van der Waals surface area contributed by atoms with Crippen molar-refractivity contribution in [3.8, 4) is 5.75 Å². The Morgan fingerprint density at radius 1 is 1.52 bits per heavy atom. The molecule has 2 heterocycles. The lowest BCUT2D eigenvalue weighted by molar-refractivity contribution is -0.149. The van der Waals surface area contributed by atoms with E-state index in [4.69, 9.17) is 4.74 Å². The molecule has 0 spiro atoms. The molecule has 0 aromatic heterocycles. The van der Waals surface area contributed by atoms with E-state index in [1.165, 1.54) is 13.2 Å². The highest BCUT2D eigenvalue weighted by molar-refractivity contribution is 5.92. The maximum Gasteiger partial charge on any atom is 0.313 e. The number of hydrogen-bond donors (Lipinski definition) is 1. The van der Waals surface area contributed by atoms with Crippen molar-refractivity contribution in [2.75, 3.05) is 33.3 Å². The number of nitrogens with zero attached hydrogens (tertiary/aromatic N) is 2. The van der Waals surface area contributed by atoms with E-state index in [1.807, 2.05) is 4.90 Å². The second kappa shape index (κ2) is 6.48. The van der Waals surface area contributed by atoms with E-state index in [2.05, 4.69) is 6.58 Å². The first-order valence-electron chi connectivity index (χ1n) is 8.09. The van der Waals surface area contributed by atoms with Gasteiger partial charge in [0.1, 0.15) is 5.41 Å². The lowest BCUT2D eigenvalue weighted by Crippen LogP contribution is -2.40. The van der Waals surface area contributed by atoms with E-state index < -0.39 is 23.1 Å². The van der Waals surface area contributed by atoms with E-state index >= 15 is 0 Å². The Hall–Kier alpha value is -2.41. The predicted octanol–water partition coefficient (Wildman–Crippen LogP) is 1.37. The molecule has 0 radical (unpaired) electrons. The number of fused-ring (bicyclic) bond motifs is 1. The van der Waals surface area contributed by atoms with Crippen molar-refractivity contribution in [1.82, 2.24) is 9.80 Å². The second-order valence-corrected chi connectivity index (χ2v) is 6.66. The van der Waals surface area contributed by atoms with E-state index in [9.17, 15) is 19.1 Å². The van der Waals surface area contributed by atoms with Gasteiger partial charge in [0.05, 0.1) is 13.0 Å². The number of rotatable bonds is 6. The summed E-state index contributed by atoms with van der Waals surface area (Å²) < 4.78 is 18.5. The third kappa shape index (κ3) is 2.89. The Kier molecular flexibility index (Phi) is 4.51. The minimum atomic E-state index is -1.09. The number of likely N-dealkylation sites (tertiary alicyclic amines) is 2. The number of carbonyl (C=O) groups excluding carboxylic acids is 1. The van der Waals surface area contributed by atoms with Crippen LogP contribution in [-0.4, -0.2) is 60.1 Å². The van der Waals surface area contributed by atoms with Gasteiger partial charge in [0.25, 0.3) is 0 Å². The SMILES string of the molecule is C=CCN1C[C@@]2(C(=O)O)CN(Cc3ccc(F)c(OC)c3)C[C@H]2C1=O. The first-order valence-corrected chi connectivity index (χ1v) is 8.09. The largest absolute Gasteiger partial charge is 0.494 e. The number of carboxylic acids is 1. The smallest absolute Gasteiger partial charge is 0.313 e. The van der Waals surface area contributed by atoms with Crippen molar-refractivity contribution in [2.45, 2.75) is 6.54 Å². The van der Waals surface area contributed by atoms with E-state index in [1.54, 1.807) is 23.1 Å². The molecule has 25 heavy (non-hydrogen) atoms. The summed E-state index contributed by atoms with van der Waals surface area (Å²) in [5.41, 5.74) is -0.279. The summed E-state index contributed by atoms with van der Waals surface area (Å²) in [6.07, 6.45) is 1.61. The molecule has 0 aliphatic carbocycles.